The van der Waals surface area contributed by atoms with E-state index in [0.29, 0.717) is 18.8 Å². The minimum absolute atomic E-state index is 0.258. The van der Waals surface area contributed by atoms with Gasteiger partial charge in [0.15, 0.2) is 0 Å². The molecule has 1 heterocycles. The molecule has 0 aliphatic heterocycles. The Labute approximate surface area is 157 Å². The topological polar surface area (TPSA) is 63.2 Å². The molecule has 0 bridgehead atoms. The zero-order valence-electron chi connectivity index (χ0n) is 14.9. The first-order valence-corrected chi connectivity index (χ1v) is 8.50. The molecule has 27 heavy (non-hydrogen) atoms. The number of anilines is 1. The quantitative estimate of drug-likeness (QED) is 0.669. The first-order valence-electron chi connectivity index (χ1n) is 8.50. The number of pyridine rings is 1. The van der Waals surface area contributed by atoms with Gasteiger partial charge >= 0.3 is 0 Å². The monoisotopic (exact) mass is 365 g/mol. The minimum Gasteiger partial charge on any atom is -0.496 e. The first kappa shape index (κ1) is 18.4. The third-order valence-electron chi connectivity index (χ3n) is 4.04. The van der Waals surface area contributed by atoms with Gasteiger partial charge in [-0.3, -0.25) is 4.79 Å². The summed E-state index contributed by atoms with van der Waals surface area (Å²) in [5.74, 6) is 0.209. The summed E-state index contributed by atoms with van der Waals surface area (Å²) < 4.78 is 18.2. The summed E-state index contributed by atoms with van der Waals surface area (Å²) in [4.78, 5) is 16.5. The number of carbonyl (C=O) groups is 1. The molecule has 0 aliphatic rings. The van der Waals surface area contributed by atoms with Gasteiger partial charge in [-0.25, -0.2) is 9.37 Å². The number of amides is 1. The highest BCUT2D eigenvalue weighted by Crippen LogP contribution is 2.17. The van der Waals surface area contributed by atoms with E-state index in [1.807, 2.05) is 24.3 Å². The number of hydrogen-bond acceptors (Lipinski definition) is 4. The Hall–Kier alpha value is -3.41. The van der Waals surface area contributed by atoms with Gasteiger partial charge in [0.25, 0.3) is 5.91 Å². The van der Waals surface area contributed by atoms with Gasteiger partial charge < -0.3 is 15.4 Å². The number of nitrogens with zero attached hydrogens (tertiary/aromatic N) is 1. The van der Waals surface area contributed by atoms with E-state index in [4.69, 9.17) is 4.74 Å². The van der Waals surface area contributed by atoms with E-state index in [-0.39, 0.29) is 11.7 Å². The van der Waals surface area contributed by atoms with E-state index in [1.165, 1.54) is 12.1 Å². The molecule has 2 aromatic carbocycles. The van der Waals surface area contributed by atoms with Crippen LogP contribution in [0.2, 0.25) is 0 Å². The molecule has 0 spiro atoms. The molecule has 0 radical (unpaired) electrons. The molecular weight excluding hydrogens is 345 g/mol. The van der Waals surface area contributed by atoms with Crippen LogP contribution in [0.15, 0.2) is 66.9 Å². The van der Waals surface area contributed by atoms with Crippen LogP contribution in [0.5, 0.6) is 5.75 Å². The maximum atomic E-state index is 12.9. The van der Waals surface area contributed by atoms with E-state index in [1.54, 1.807) is 37.6 Å². The number of ether oxygens (including phenoxy) is 1. The van der Waals surface area contributed by atoms with Crippen molar-refractivity contribution in [3.8, 4) is 5.75 Å². The predicted octanol–water partition coefficient (Wildman–Crippen LogP) is 3.77. The first-order chi connectivity index (χ1) is 13.2. The van der Waals surface area contributed by atoms with E-state index in [9.17, 15) is 9.18 Å². The van der Waals surface area contributed by atoms with E-state index >= 15 is 0 Å². The van der Waals surface area contributed by atoms with Crippen LogP contribution in [-0.4, -0.2) is 18.0 Å². The maximum absolute atomic E-state index is 12.9. The van der Waals surface area contributed by atoms with Gasteiger partial charge in [0.05, 0.1) is 19.0 Å². The number of nitrogens with one attached hydrogen (secondary N) is 2. The zero-order valence-corrected chi connectivity index (χ0v) is 14.9. The SMILES string of the molecule is COc1ccccc1CNC(=O)c1ccc(NCc2ccc(F)cc2)cn1. The van der Waals surface area contributed by atoms with Crippen LogP contribution < -0.4 is 15.4 Å². The Morgan fingerprint density at radius 1 is 1.04 bits per heavy atom. The fourth-order valence-corrected chi connectivity index (χ4v) is 2.55. The summed E-state index contributed by atoms with van der Waals surface area (Å²) in [5.41, 5.74) is 2.96. The van der Waals surface area contributed by atoms with Crippen LogP contribution in [0, 0.1) is 5.82 Å². The molecule has 2 N–H and O–H groups in total. The van der Waals surface area contributed by atoms with Gasteiger partial charge in [0, 0.05) is 18.7 Å². The maximum Gasteiger partial charge on any atom is 0.270 e. The van der Waals surface area contributed by atoms with Crippen molar-refractivity contribution in [2.24, 2.45) is 0 Å². The Bertz CT molecular complexity index is 896. The molecular formula is C21H20FN3O2. The molecule has 1 aromatic heterocycles. The van der Waals surface area contributed by atoms with Crippen molar-refractivity contribution in [2.45, 2.75) is 13.1 Å². The summed E-state index contributed by atoms with van der Waals surface area (Å²) in [6.07, 6.45) is 1.60. The number of benzene rings is 2. The van der Waals surface area contributed by atoms with Gasteiger partial charge in [0.2, 0.25) is 0 Å². The van der Waals surface area contributed by atoms with E-state index in [2.05, 4.69) is 15.6 Å². The summed E-state index contributed by atoms with van der Waals surface area (Å²) >= 11 is 0. The number of carbonyl (C=O) groups excluding carboxylic acids is 1. The number of rotatable bonds is 7. The van der Waals surface area contributed by atoms with Crippen molar-refractivity contribution in [2.75, 3.05) is 12.4 Å². The van der Waals surface area contributed by atoms with Crippen molar-refractivity contribution in [1.29, 1.82) is 0 Å². The van der Waals surface area contributed by atoms with Crippen LogP contribution in [0.4, 0.5) is 10.1 Å². The van der Waals surface area contributed by atoms with Gasteiger partial charge in [-0.1, -0.05) is 30.3 Å². The summed E-state index contributed by atoms with van der Waals surface area (Å²) in [5, 5.41) is 6.02. The van der Waals surface area contributed by atoms with E-state index < -0.39 is 0 Å². The smallest absolute Gasteiger partial charge is 0.270 e. The van der Waals surface area contributed by atoms with Gasteiger partial charge in [-0.15, -0.1) is 0 Å². The number of para-hydroxylation sites is 1. The fourth-order valence-electron chi connectivity index (χ4n) is 2.55. The van der Waals surface area contributed by atoms with Crippen molar-refractivity contribution < 1.29 is 13.9 Å². The second-order valence-electron chi connectivity index (χ2n) is 5.91. The molecule has 3 rings (SSSR count). The lowest BCUT2D eigenvalue weighted by Gasteiger charge is -2.10. The minimum atomic E-state index is -0.260. The molecule has 0 fully saturated rings. The molecule has 0 unspecified atom stereocenters. The molecule has 3 aromatic rings. The van der Waals surface area contributed by atoms with Gasteiger partial charge in [0.1, 0.15) is 17.3 Å². The van der Waals surface area contributed by atoms with Crippen LogP contribution in [-0.2, 0) is 13.1 Å². The summed E-state index contributed by atoms with van der Waals surface area (Å²) in [6, 6.07) is 17.2. The van der Waals surface area contributed by atoms with Crippen molar-refractivity contribution in [1.82, 2.24) is 10.3 Å². The molecule has 138 valence electrons. The van der Waals surface area contributed by atoms with Crippen molar-refractivity contribution >= 4 is 11.6 Å². The van der Waals surface area contributed by atoms with Crippen molar-refractivity contribution in [3.63, 3.8) is 0 Å². The number of hydrogen-bond donors (Lipinski definition) is 2. The third-order valence-corrected chi connectivity index (χ3v) is 4.04. The highest BCUT2D eigenvalue weighted by molar-refractivity contribution is 5.92. The zero-order chi connectivity index (χ0) is 19.1. The number of methoxy groups -OCH3 is 1. The summed E-state index contributed by atoms with van der Waals surface area (Å²) in [7, 11) is 1.60. The largest absolute Gasteiger partial charge is 0.496 e. The number of halogens is 1. The lowest BCUT2D eigenvalue weighted by Crippen LogP contribution is -2.24. The Morgan fingerprint density at radius 2 is 1.81 bits per heavy atom. The van der Waals surface area contributed by atoms with Crippen molar-refractivity contribution in [3.05, 3.63) is 89.5 Å². The fraction of sp³-hybridized carbons (Fsp3) is 0.143. The molecule has 0 atom stereocenters. The number of aromatic nitrogens is 1. The molecule has 5 nitrogen and oxygen atoms in total. The average molecular weight is 365 g/mol. The van der Waals surface area contributed by atoms with Crippen LogP contribution in [0.3, 0.4) is 0 Å². The third kappa shape index (κ3) is 5.04. The molecule has 0 saturated carbocycles. The molecule has 0 saturated heterocycles. The molecule has 6 heteroatoms. The van der Waals surface area contributed by atoms with Crippen LogP contribution in [0.1, 0.15) is 21.6 Å². The predicted molar refractivity (Wildman–Crippen MR) is 102 cm³/mol. The standard InChI is InChI=1S/C21H20FN3O2/c1-27-20-5-3-2-4-16(20)13-25-21(26)19-11-10-18(14-24-19)23-12-15-6-8-17(22)9-7-15/h2-11,14,23H,12-13H2,1H3,(H,25,26). The molecule has 1 amide bonds. The lowest BCUT2D eigenvalue weighted by molar-refractivity contribution is 0.0945. The highest BCUT2D eigenvalue weighted by Gasteiger charge is 2.09. The second kappa shape index (κ2) is 8.80. The Balaban J connectivity index is 1.54. The van der Waals surface area contributed by atoms with Crippen LogP contribution in [0.25, 0.3) is 0 Å². The van der Waals surface area contributed by atoms with E-state index in [0.717, 1.165) is 22.6 Å². The Morgan fingerprint density at radius 3 is 2.52 bits per heavy atom. The average Bonchev–Trinajstić information content (AvgIpc) is 2.72. The lowest BCUT2D eigenvalue weighted by atomic mass is 10.2. The second-order valence-corrected chi connectivity index (χ2v) is 5.91. The Kier molecular flexibility index (Phi) is 5.99. The van der Waals surface area contributed by atoms with Gasteiger partial charge in [-0.2, -0.15) is 0 Å². The molecule has 0 aliphatic carbocycles. The highest BCUT2D eigenvalue weighted by atomic mass is 19.1. The summed E-state index contributed by atoms with van der Waals surface area (Å²) in [6.45, 7) is 0.899. The normalized spacial score (nSPS) is 10.3. The van der Waals surface area contributed by atoms with Crippen LogP contribution >= 0.6 is 0 Å². The van der Waals surface area contributed by atoms with Gasteiger partial charge in [-0.05, 0) is 35.9 Å².